The molecule has 1 unspecified atom stereocenters. The van der Waals surface area contributed by atoms with Gasteiger partial charge in [-0.2, -0.15) is 4.98 Å². The summed E-state index contributed by atoms with van der Waals surface area (Å²) in [6.07, 6.45) is 2.25. The smallest absolute Gasteiger partial charge is 0.224 e. The van der Waals surface area contributed by atoms with E-state index in [9.17, 15) is 4.39 Å². The van der Waals surface area contributed by atoms with Crippen molar-refractivity contribution >= 4 is 11.8 Å². The molecule has 1 N–H and O–H groups in total. The fourth-order valence-electron chi connectivity index (χ4n) is 1.81. The average molecular weight is 226 g/mol. The first-order valence-electron chi connectivity index (χ1n) is 5.22. The van der Waals surface area contributed by atoms with Crippen molar-refractivity contribution in [2.45, 2.75) is 12.5 Å². The Kier molecular flexibility index (Phi) is 3.19. The maximum Gasteiger partial charge on any atom is 0.224 e. The highest BCUT2D eigenvalue weighted by Crippen LogP contribution is 2.22. The Morgan fingerprint density at radius 1 is 1.62 bits per heavy atom. The van der Waals surface area contributed by atoms with Gasteiger partial charge in [-0.05, 0) is 6.42 Å². The van der Waals surface area contributed by atoms with E-state index >= 15 is 0 Å². The van der Waals surface area contributed by atoms with E-state index in [0.717, 1.165) is 13.0 Å². The Bertz CT molecular complexity index is 374. The molecule has 16 heavy (non-hydrogen) atoms. The average Bonchev–Trinajstić information content (AvgIpc) is 2.78. The molecule has 0 saturated carbocycles. The monoisotopic (exact) mass is 226 g/mol. The van der Waals surface area contributed by atoms with E-state index < -0.39 is 5.82 Å². The lowest BCUT2D eigenvalue weighted by molar-refractivity contribution is 0.121. The highest BCUT2D eigenvalue weighted by molar-refractivity contribution is 5.44. The third kappa shape index (κ3) is 2.06. The number of hydrogen-bond acceptors (Lipinski definition) is 5. The Morgan fingerprint density at radius 3 is 3.06 bits per heavy atom. The number of methoxy groups -OCH3 is 1. The van der Waals surface area contributed by atoms with Crippen LogP contribution in [0, 0.1) is 5.82 Å². The molecule has 0 amide bonds. The van der Waals surface area contributed by atoms with Crippen LogP contribution in [0.3, 0.4) is 0 Å². The third-order valence-electron chi connectivity index (χ3n) is 2.73. The molecule has 0 aromatic carbocycles. The van der Waals surface area contributed by atoms with Crippen LogP contribution >= 0.6 is 0 Å². The first-order chi connectivity index (χ1) is 7.74. The molecule has 1 atom stereocenters. The zero-order valence-electron chi connectivity index (χ0n) is 9.40. The SMILES string of the molecule is CNc1ncc(F)c(N2CCC(OC)C2)n1. The predicted octanol–water partition coefficient (Wildman–Crippen LogP) is 0.882. The Morgan fingerprint density at radius 2 is 2.44 bits per heavy atom. The van der Waals surface area contributed by atoms with Crippen molar-refractivity contribution in [3.05, 3.63) is 12.0 Å². The van der Waals surface area contributed by atoms with Crippen molar-refractivity contribution in [1.29, 1.82) is 0 Å². The van der Waals surface area contributed by atoms with Crippen LogP contribution in [0.4, 0.5) is 16.2 Å². The van der Waals surface area contributed by atoms with Crippen molar-refractivity contribution in [2.75, 3.05) is 37.5 Å². The molecular weight excluding hydrogens is 211 g/mol. The van der Waals surface area contributed by atoms with Crippen LogP contribution in [0.2, 0.25) is 0 Å². The van der Waals surface area contributed by atoms with Crippen LogP contribution in [-0.2, 0) is 4.74 Å². The molecule has 5 nitrogen and oxygen atoms in total. The van der Waals surface area contributed by atoms with E-state index in [2.05, 4.69) is 15.3 Å². The van der Waals surface area contributed by atoms with Gasteiger partial charge in [0, 0.05) is 27.2 Å². The summed E-state index contributed by atoms with van der Waals surface area (Å²) in [5.74, 6) is 0.381. The molecule has 1 aliphatic rings. The maximum absolute atomic E-state index is 13.6. The molecule has 0 spiro atoms. The number of aromatic nitrogens is 2. The minimum absolute atomic E-state index is 0.160. The van der Waals surface area contributed by atoms with E-state index in [4.69, 9.17) is 4.74 Å². The third-order valence-corrected chi connectivity index (χ3v) is 2.73. The summed E-state index contributed by atoms with van der Waals surface area (Å²) in [7, 11) is 3.38. The molecular formula is C10H15FN4O. The largest absolute Gasteiger partial charge is 0.380 e. The van der Waals surface area contributed by atoms with Gasteiger partial charge in [0.25, 0.3) is 0 Å². The first kappa shape index (κ1) is 11.1. The molecule has 1 saturated heterocycles. The minimum Gasteiger partial charge on any atom is -0.380 e. The lowest BCUT2D eigenvalue weighted by Crippen LogP contribution is -2.24. The summed E-state index contributed by atoms with van der Waals surface area (Å²) < 4.78 is 18.8. The molecule has 2 rings (SSSR count). The summed E-state index contributed by atoms with van der Waals surface area (Å²) in [5, 5.41) is 2.80. The molecule has 0 bridgehead atoms. The minimum atomic E-state index is -0.393. The summed E-state index contributed by atoms with van der Waals surface area (Å²) >= 11 is 0. The fourth-order valence-corrected chi connectivity index (χ4v) is 1.81. The van der Waals surface area contributed by atoms with Crippen molar-refractivity contribution in [2.24, 2.45) is 0 Å². The molecule has 1 aromatic rings. The van der Waals surface area contributed by atoms with Crippen molar-refractivity contribution < 1.29 is 9.13 Å². The van der Waals surface area contributed by atoms with Crippen LogP contribution in [0.15, 0.2) is 6.20 Å². The summed E-state index contributed by atoms with van der Waals surface area (Å²) in [5.41, 5.74) is 0. The number of ether oxygens (including phenoxy) is 1. The molecule has 6 heteroatoms. The topological polar surface area (TPSA) is 50.3 Å². The van der Waals surface area contributed by atoms with Gasteiger partial charge in [0.1, 0.15) is 0 Å². The van der Waals surface area contributed by atoms with E-state index in [1.54, 1.807) is 14.2 Å². The van der Waals surface area contributed by atoms with Crippen molar-refractivity contribution in [1.82, 2.24) is 9.97 Å². The predicted molar refractivity (Wildman–Crippen MR) is 59.2 cm³/mol. The van der Waals surface area contributed by atoms with E-state index in [1.807, 2.05) is 4.90 Å². The molecule has 88 valence electrons. The Labute approximate surface area is 93.6 Å². The molecule has 1 fully saturated rings. The van der Waals surface area contributed by atoms with Gasteiger partial charge in [-0.15, -0.1) is 0 Å². The van der Waals surface area contributed by atoms with E-state index in [0.29, 0.717) is 18.3 Å². The van der Waals surface area contributed by atoms with Gasteiger partial charge < -0.3 is 15.0 Å². The Balaban J connectivity index is 2.20. The maximum atomic E-state index is 13.6. The lowest BCUT2D eigenvalue weighted by atomic mass is 10.3. The van der Waals surface area contributed by atoms with Gasteiger partial charge >= 0.3 is 0 Å². The fraction of sp³-hybridized carbons (Fsp3) is 0.600. The quantitative estimate of drug-likeness (QED) is 0.829. The first-order valence-corrected chi connectivity index (χ1v) is 5.22. The van der Waals surface area contributed by atoms with Gasteiger partial charge in [-0.25, -0.2) is 9.37 Å². The lowest BCUT2D eigenvalue weighted by Gasteiger charge is -2.17. The summed E-state index contributed by atoms with van der Waals surface area (Å²) in [6, 6.07) is 0. The van der Waals surface area contributed by atoms with Crippen LogP contribution in [0.25, 0.3) is 0 Å². The number of nitrogens with zero attached hydrogens (tertiary/aromatic N) is 3. The van der Waals surface area contributed by atoms with Crippen LogP contribution in [0.1, 0.15) is 6.42 Å². The number of rotatable bonds is 3. The number of halogens is 1. The van der Waals surface area contributed by atoms with Gasteiger partial charge in [-0.1, -0.05) is 0 Å². The number of nitrogens with one attached hydrogen (secondary N) is 1. The second kappa shape index (κ2) is 4.61. The van der Waals surface area contributed by atoms with Crippen LogP contribution in [-0.4, -0.2) is 43.3 Å². The highest BCUT2D eigenvalue weighted by atomic mass is 19.1. The molecule has 0 aliphatic carbocycles. The van der Waals surface area contributed by atoms with Crippen molar-refractivity contribution in [3.8, 4) is 0 Å². The Hall–Kier alpha value is -1.43. The molecule has 1 aliphatic heterocycles. The van der Waals surface area contributed by atoms with E-state index in [-0.39, 0.29) is 6.10 Å². The van der Waals surface area contributed by atoms with Crippen molar-refractivity contribution in [3.63, 3.8) is 0 Å². The molecule has 1 aromatic heterocycles. The van der Waals surface area contributed by atoms with Gasteiger partial charge in [-0.3, -0.25) is 0 Å². The second-order valence-corrected chi connectivity index (χ2v) is 3.71. The van der Waals surface area contributed by atoms with Crippen LogP contribution in [0.5, 0.6) is 0 Å². The van der Waals surface area contributed by atoms with Crippen LogP contribution < -0.4 is 10.2 Å². The zero-order valence-corrected chi connectivity index (χ0v) is 9.40. The van der Waals surface area contributed by atoms with Gasteiger partial charge in [0.05, 0.1) is 12.3 Å². The standard InChI is InChI=1S/C10H15FN4O/c1-12-10-13-5-8(11)9(14-10)15-4-3-7(6-15)16-2/h5,7H,3-4,6H2,1-2H3,(H,12,13,14). The zero-order chi connectivity index (χ0) is 11.5. The summed E-state index contributed by atoms with van der Waals surface area (Å²) in [6.45, 7) is 1.43. The normalized spacial score (nSPS) is 20.2. The number of hydrogen-bond donors (Lipinski definition) is 1. The van der Waals surface area contributed by atoms with Gasteiger partial charge in [0.2, 0.25) is 5.95 Å². The highest BCUT2D eigenvalue weighted by Gasteiger charge is 2.25. The second-order valence-electron chi connectivity index (χ2n) is 3.71. The van der Waals surface area contributed by atoms with Gasteiger partial charge in [0.15, 0.2) is 11.6 Å². The summed E-state index contributed by atoms with van der Waals surface area (Å²) in [4.78, 5) is 9.81. The van der Waals surface area contributed by atoms with E-state index in [1.165, 1.54) is 6.20 Å². The molecule has 2 heterocycles. The number of anilines is 2. The molecule has 0 radical (unpaired) electrons.